The van der Waals surface area contributed by atoms with Crippen molar-refractivity contribution in [2.24, 2.45) is 10.9 Å². The Kier molecular flexibility index (Phi) is 5.07. The van der Waals surface area contributed by atoms with Crippen molar-refractivity contribution in [3.8, 4) is 0 Å². The molecule has 2 amide bonds. The smallest absolute Gasteiger partial charge is 0.256 e. The summed E-state index contributed by atoms with van der Waals surface area (Å²) in [6, 6.07) is 8.61. The van der Waals surface area contributed by atoms with Gasteiger partial charge in [0.15, 0.2) is 0 Å². The summed E-state index contributed by atoms with van der Waals surface area (Å²) in [4.78, 5) is 23.6. The van der Waals surface area contributed by atoms with E-state index >= 15 is 0 Å². The van der Waals surface area contributed by atoms with E-state index in [1.165, 1.54) is 18.2 Å². The Morgan fingerprint density at radius 2 is 1.79 bits per heavy atom. The molecule has 2 rings (SSSR count). The number of hydrogen-bond acceptors (Lipinski definition) is 4. The summed E-state index contributed by atoms with van der Waals surface area (Å²) < 4.78 is 23.3. The molecule has 0 heterocycles. The average molecular weight is 412 g/mol. The van der Waals surface area contributed by atoms with Crippen LogP contribution in [-0.2, 0) is 10.0 Å². The number of sulfonamides is 1. The van der Waals surface area contributed by atoms with E-state index in [1.807, 2.05) is 0 Å². The molecule has 0 saturated heterocycles. The zero-order valence-corrected chi connectivity index (χ0v) is 14.9. The zero-order valence-electron chi connectivity index (χ0n) is 12.5. The molecule has 0 aliphatic heterocycles. The molecule has 0 fully saturated rings. The minimum Gasteiger partial charge on any atom is -0.366 e. The first kappa shape index (κ1) is 18.1. The Labute approximate surface area is 147 Å². The summed E-state index contributed by atoms with van der Waals surface area (Å²) in [5, 5.41) is 7.71. The number of primary amides is 1. The Morgan fingerprint density at radius 1 is 1.12 bits per heavy atom. The Morgan fingerprint density at radius 3 is 2.38 bits per heavy atom. The topological polar surface area (TPSA) is 132 Å². The third-order valence-electron chi connectivity index (χ3n) is 3.36. The molecule has 0 bridgehead atoms. The molecule has 7 nitrogen and oxygen atoms in total. The van der Waals surface area contributed by atoms with Crippen molar-refractivity contribution >= 4 is 43.5 Å². The lowest BCUT2D eigenvalue weighted by molar-refractivity contribution is 0.0995. The van der Waals surface area contributed by atoms with Crippen LogP contribution in [-0.4, -0.2) is 20.2 Å². The predicted octanol–water partition coefficient (Wildman–Crippen LogP) is 1.76. The molecule has 0 radical (unpaired) electrons. The number of nitrogens with one attached hydrogen (secondary N) is 1. The van der Waals surface area contributed by atoms with Crippen LogP contribution in [0.3, 0.4) is 0 Å². The van der Waals surface area contributed by atoms with Crippen molar-refractivity contribution in [1.82, 2.24) is 0 Å². The number of hydrogen-bond donors (Lipinski definition) is 3. The second-order valence-electron chi connectivity index (χ2n) is 4.98. The lowest BCUT2D eigenvalue weighted by Gasteiger charge is -2.12. The van der Waals surface area contributed by atoms with Crippen molar-refractivity contribution in [3.63, 3.8) is 0 Å². The van der Waals surface area contributed by atoms with Crippen molar-refractivity contribution in [1.29, 1.82) is 0 Å². The van der Waals surface area contributed by atoms with Gasteiger partial charge >= 0.3 is 0 Å². The maximum Gasteiger partial charge on any atom is 0.256 e. The molecule has 0 saturated carbocycles. The molecule has 2 aromatic rings. The molecule has 0 spiro atoms. The van der Waals surface area contributed by atoms with Crippen LogP contribution in [0.2, 0.25) is 0 Å². The van der Waals surface area contributed by atoms with Gasteiger partial charge in [0.1, 0.15) is 0 Å². The van der Waals surface area contributed by atoms with Crippen LogP contribution in [0.5, 0.6) is 0 Å². The number of anilines is 1. The Bertz CT molecular complexity index is 942. The lowest BCUT2D eigenvalue weighted by atomic mass is 10.1. The van der Waals surface area contributed by atoms with Gasteiger partial charge in [0.05, 0.1) is 10.5 Å². The molecule has 2 aromatic carbocycles. The quantitative estimate of drug-likeness (QED) is 0.706. The van der Waals surface area contributed by atoms with E-state index in [-0.39, 0.29) is 16.0 Å². The van der Waals surface area contributed by atoms with Gasteiger partial charge in [-0.25, -0.2) is 13.6 Å². The number of primary sulfonamides is 1. The maximum absolute atomic E-state index is 12.5. The average Bonchev–Trinajstić information content (AvgIpc) is 2.48. The Hall–Kier alpha value is -2.23. The van der Waals surface area contributed by atoms with Gasteiger partial charge in [-0.3, -0.25) is 9.59 Å². The largest absolute Gasteiger partial charge is 0.366 e. The SMILES string of the molecule is Cc1c(NC(=O)c2cc(S(N)(=O)=O)ccc2Br)cccc1C(N)=O. The highest BCUT2D eigenvalue weighted by Crippen LogP contribution is 2.24. The summed E-state index contributed by atoms with van der Waals surface area (Å²) in [5.41, 5.74) is 6.55. The number of benzene rings is 2. The first-order chi connectivity index (χ1) is 11.1. The fraction of sp³-hybridized carbons (Fsp3) is 0.0667. The molecule has 0 atom stereocenters. The molecule has 5 N–H and O–H groups in total. The van der Waals surface area contributed by atoms with E-state index in [9.17, 15) is 18.0 Å². The molecule has 24 heavy (non-hydrogen) atoms. The van der Waals surface area contributed by atoms with Crippen LogP contribution in [0.15, 0.2) is 45.8 Å². The second kappa shape index (κ2) is 6.71. The van der Waals surface area contributed by atoms with E-state index in [2.05, 4.69) is 21.2 Å². The third kappa shape index (κ3) is 3.81. The molecule has 9 heteroatoms. The summed E-state index contributed by atoms with van der Waals surface area (Å²) in [6.07, 6.45) is 0. The minimum absolute atomic E-state index is 0.0883. The van der Waals surface area contributed by atoms with Crippen molar-refractivity contribution in [2.75, 3.05) is 5.32 Å². The molecular formula is C15H14BrN3O4S. The summed E-state index contributed by atoms with van der Waals surface area (Å²) in [7, 11) is -3.94. The Balaban J connectivity index is 2.41. The number of amides is 2. The molecule has 126 valence electrons. The van der Waals surface area contributed by atoms with Crippen LogP contribution in [0.25, 0.3) is 0 Å². The van der Waals surface area contributed by atoms with Gasteiger partial charge in [-0.05, 0) is 58.7 Å². The van der Waals surface area contributed by atoms with Crippen molar-refractivity contribution in [2.45, 2.75) is 11.8 Å². The third-order valence-corrected chi connectivity index (χ3v) is 4.96. The normalized spacial score (nSPS) is 11.1. The van der Waals surface area contributed by atoms with Crippen LogP contribution < -0.4 is 16.2 Å². The van der Waals surface area contributed by atoms with E-state index < -0.39 is 21.8 Å². The first-order valence-electron chi connectivity index (χ1n) is 6.64. The highest BCUT2D eigenvalue weighted by Gasteiger charge is 2.17. The van der Waals surface area contributed by atoms with E-state index in [4.69, 9.17) is 10.9 Å². The van der Waals surface area contributed by atoms with Gasteiger partial charge in [0.25, 0.3) is 5.91 Å². The number of halogens is 1. The van der Waals surface area contributed by atoms with Crippen molar-refractivity contribution < 1.29 is 18.0 Å². The predicted molar refractivity (Wildman–Crippen MR) is 93.2 cm³/mol. The molecule has 0 unspecified atom stereocenters. The number of carbonyl (C=O) groups is 2. The van der Waals surface area contributed by atoms with Crippen LogP contribution >= 0.6 is 15.9 Å². The van der Waals surface area contributed by atoms with Crippen LogP contribution in [0.4, 0.5) is 5.69 Å². The summed E-state index contributed by atoms with van der Waals surface area (Å²) in [6.45, 7) is 1.64. The van der Waals surface area contributed by atoms with E-state index in [0.717, 1.165) is 0 Å². The van der Waals surface area contributed by atoms with Gasteiger partial charge in [-0.15, -0.1) is 0 Å². The minimum atomic E-state index is -3.94. The summed E-state index contributed by atoms with van der Waals surface area (Å²) in [5.74, 6) is -1.17. The van der Waals surface area contributed by atoms with Gasteiger partial charge in [-0.1, -0.05) is 6.07 Å². The van der Waals surface area contributed by atoms with Gasteiger partial charge in [0.2, 0.25) is 15.9 Å². The summed E-state index contributed by atoms with van der Waals surface area (Å²) >= 11 is 3.20. The second-order valence-corrected chi connectivity index (χ2v) is 7.40. The fourth-order valence-corrected chi connectivity index (χ4v) is 3.05. The highest BCUT2D eigenvalue weighted by atomic mass is 79.9. The number of carbonyl (C=O) groups excluding carboxylic acids is 2. The molecule has 0 aliphatic carbocycles. The van der Waals surface area contributed by atoms with E-state index in [0.29, 0.717) is 15.7 Å². The van der Waals surface area contributed by atoms with Crippen molar-refractivity contribution in [3.05, 3.63) is 57.6 Å². The number of rotatable bonds is 4. The molecular weight excluding hydrogens is 398 g/mol. The highest BCUT2D eigenvalue weighted by molar-refractivity contribution is 9.10. The maximum atomic E-state index is 12.5. The number of nitrogens with two attached hydrogens (primary N) is 2. The monoisotopic (exact) mass is 411 g/mol. The fourth-order valence-electron chi connectivity index (χ4n) is 2.08. The first-order valence-corrected chi connectivity index (χ1v) is 8.98. The standard InChI is InChI=1S/C15H14BrN3O4S/c1-8-10(14(17)20)3-2-4-13(8)19-15(21)11-7-9(24(18,22)23)5-6-12(11)16/h2-7H,1H3,(H2,17,20)(H,19,21)(H2,18,22,23). The van der Waals surface area contributed by atoms with Gasteiger partial charge < -0.3 is 11.1 Å². The zero-order chi connectivity index (χ0) is 18.1. The van der Waals surface area contributed by atoms with E-state index in [1.54, 1.807) is 25.1 Å². The molecule has 0 aromatic heterocycles. The lowest BCUT2D eigenvalue weighted by Crippen LogP contribution is -2.18. The molecule has 0 aliphatic rings. The van der Waals surface area contributed by atoms with Crippen LogP contribution in [0, 0.1) is 6.92 Å². The van der Waals surface area contributed by atoms with Gasteiger partial charge in [0, 0.05) is 15.7 Å². The van der Waals surface area contributed by atoms with Crippen LogP contribution in [0.1, 0.15) is 26.3 Å². The van der Waals surface area contributed by atoms with Gasteiger partial charge in [-0.2, -0.15) is 0 Å².